The van der Waals surface area contributed by atoms with Gasteiger partial charge in [-0.3, -0.25) is 4.98 Å². The second-order valence-corrected chi connectivity index (χ2v) is 4.43. The highest BCUT2D eigenvalue weighted by Gasteiger charge is 2.08. The first kappa shape index (κ1) is 12.6. The van der Waals surface area contributed by atoms with Crippen LogP contribution in [0.25, 0.3) is 0 Å². The van der Waals surface area contributed by atoms with Crippen LogP contribution in [-0.4, -0.2) is 19.1 Å². The third kappa shape index (κ3) is 2.68. The Morgan fingerprint density at radius 1 is 1.17 bits per heavy atom. The van der Waals surface area contributed by atoms with Crippen molar-refractivity contribution >= 4 is 11.4 Å². The summed E-state index contributed by atoms with van der Waals surface area (Å²) in [4.78, 5) is 6.38. The average molecular weight is 241 g/mol. The van der Waals surface area contributed by atoms with E-state index < -0.39 is 0 Å². The highest BCUT2D eigenvalue weighted by Crippen LogP contribution is 2.26. The lowest BCUT2D eigenvalue weighted by Gasteiger charge is -2.22. The average Bonchev–Trinajstić information content (AvgIpc) is 2.40. The largest absolute Gasteiger partial charge is 0.344 e. The minimum absolute atomic E-state index is 0.819. The molecule has 1 aromatic heterocycles. The van der Waals surface area contributed by atoms with Gasteiger partial charge in [0.2, 0.25) is 0 Å². The lowest BCUT2D eigenvalue weighted by molar-refractivity contribution is 0.811. The molecule has 2 aromatic rings. The van der Waals surface area contributed by atoms with Crippen LogP contribution in [0.5, 0.6) is 0 Å². The zero-order valence-electron chi connectivity index (χ0n) is 11.1. The van der Waals surface area contributed by atoms with E-state index in [-0.39, 0.29) is 0 Å². The summed E-state index contributed by atoms with van der Waals surface area (Å²) in [7, 11) is 4.03. The van der Waals surface area contributed by atoms with Gasteiger partial charge >= 0.3 is 0 Å². The zero-order chi connectivity index (χ0) is 13.0. The summed E-state index contributed by atoms with van der Waals surface area (Å²) in [5.74, 6) is 0. The van der Waals surface area contributed by atoms with Crippen LogP contribution in [0.4, 0.5) is 11.4 Å². The van der Waals surface area contributed by atoms with Gasteiger partial charge in [-0.15, -0.1) is 0 Å². The molecule has 0 aliphatic carbocycles. The molecule has 2 rings (SSSR count). The van der Waals surface area contributed by atoms with Crippen LogP contribution in [0.2, 0.25) is 0 Å². The van der Waals surface area contributed by atoms with Gasteiger partial charge in [-0.05, 0) is 32.2 Å². The lowest BCUT2D eigenvalue weighted by atomic mass is 10.1. The number of rotatable bonds is 4. The predicted molar refractivity (Wildman–Crippen MR) is 76.2 cm³/mol. The summed E-state index contributed by atoms with van der Waals surface area (Å²) in [6.45, 7) is 2.92. The molecular formula is C15H19N3. The minimum atomic E-state index is 0.819. The normalized spacial score (nSPS) is 10.4. The van der Waals surface area contributed by atoms with Crippen molar-refractivity contribution < 1.29 is 0 Å². The molecule has 94 valence electrons. The first-order valence-corrected chi connectivity index (χ1v) is 6.10. The Bertz CT molecular complexity index is 505. The van der Waals surface area contributed by atoms with Gasteiger partial charge in [0.15, 0.2) is 0 Å². The van der Waals surface area contributed by atoms with Gasteiger partial charge in [0, 0.05) is 42.9 Å². The Morgan fingerprint density at radius 2 is 1.89 bits per heavy atom. The molecule has 0 saturated heterocycles. The van der Waals surface area contributed by atoms with Crippen LogP contribution in [0.1, 0.15) is 11.1 Å². The molecule has 0 radical (unpaired) electrons. The van der Waals surface area contributed by atoms with Crippen molar-refractivity contribution in [2.45, 2.75) is 13.5 Å². The van der Waals surface area contributed by atoms with Crippen LogP contribution in [-0.2, 0) is 6.54 Å². The van der Waals surface area contributed by atoms with Crippen LogP contribution < -0.4 is 10.2 Å². The lowest BCUT2D eigenvalue weighted by Crippen LogP contribution is -2.15. The Balaban J connectivity index is 2.33. The van der Waals surface area contributed by atoms with Gasteiger partial charge < -0.3 is 10.2 Å². The number of hydrogen-bond donors (Lipinski definition) is 1. The number of aryl methyl sites for hydroxylation is 1. The van der Waals surface area contributed by atoms with Gasteiger partial charge in [-0.1, -0.05) is 17.7 Å². The molecule has 18 heavy (non-hydrogen) atoms. The molecule has 0 spiro atoms. The molecule has 0 atom stereocenters. The van der Waals surface area contributed by atoms with E-state index in [4.69, 9.17) is 0 Å². The van der Waals surface area contributed by atoms with Crippen LogP contribution in [0, 0.1) is 6.92 Å². The zero-order valence-corrected chi connectivity index (χ0v) is 11.1. The first-order chi connectivity index (χ1) is 8.72. The minimum Gasteiger partial charge on any atom is -0.344 e. The van der Waals surface area contributed by atoms with E-state index in [1.54, 1.807) is 0 Å². The van der Waals surface area contributed by atoms with E-state index in [1.165, 1.54) is 22.5 Å². The monoisotopic (exact) mass is 241 g/mol. The maximum Gasteiger partial charge on any atom is 0.0484 e. The summed E-state index contributed by atoms with van der Waals surface area (Å²) < 4.78 is 0. The van der Waals surface area contributed by atoms with Crippen molar-refractivity contribution in [3.8, 4) is 0 Å². The summed E-state index contributed by atoms with van der Waals surface area (Å²) >= 11 is 0. The fourth-order valence-electron chi connectivity index (χ4n) is 1.98. The summed E-state index contributed by atoms with van der Waals surface area (Å²) in [6, 6.07) is 10.6. The van der Waals surface area contributed by atoms with Gasteiger partial charge in [0.25, 0.3) is 0 Å². The number of pyridine rings is 1. The Kier molecular flexibility index (Phi) is 3.95. The van der Waals surface area contributed by atoms with E-state index in [1.807, 2.05) is 25.5 Å². The standard InChI is InChI=1S/C15H19N3/c1-12-4-6-14(7-5-12)18(3)15-8-9-17-11-13(15)10-16-2/h4-9,11,16H,10H2,1-3H3. The van der Waals surface area contributed by atoms with Crippen molar-refractivity contribution in [3.05, 3.63) is 53.9 Å². The third-order valence-corrected chi connectivity index (χ3v) is 3.03. The van der Waals surface area contributed by atoms with Gasteiger partial charge in [-0.25, -0.2) is 0 Å². The molecular weight excluding hydrogens is 222 g/mol. The van der Waals surface area contributed by atoms with Crippen molar-refractivity contribution in [3.63, 3.8) is 0 Å². The maximum absolute atomic E-state index is 4.19. The fraction of sp³-hybridized carbons (Fsp3) is 0.267. The molecule has 1 aromatic carbocycles. The Morgan fingerprint density at radius 3 is 2.56 bits per heavy atom. The van der Waals surface area contributed by atoms with Gasteiger partial charge in [0.05, 0.1) is 0 Å². The van der Waals surface area contributed by atoms with Crippen LogP contribution in [0.15, 0.2) is 42.7 Å². The van der Waals surface area contributed by atoms with Gasteiger partial charge in [-0.2, -0.15) is 0 Å². The molecule has 0 aliphatic rings. The molecule has 3 nitrogen and oxygen atoms in total. The van der Waals surface area contributed by atoms with Crippen molar-refractivity contribution in [1.29, 1.82) is 0 Å². The SMILES string of the molecule is CNCc1cnccc1N(C)c1ccc(C)cc1. The van der Waals surface area contributed by atoms with E-state index in [2.05, 4.69) is 53.4 Å². The summed E-state index contributed by atoms with van der Waals surface area (Å²) in [5.41, 5.74) is 4.84. The molecule has 1 heterocycles. The second-order valence-electron chi connectivity index (χ2n) is 4.43. The van der Waals surface area contributed by atoms with Crippen LogP contribution >= 0.6 is 0 Å². The smallest absolute Gasteiger partial charge is 0.0484 e. The molecule has 0 fully saturated rings. The first-order valence-electron chi connectivity index (χ1n) is 6.10. The number of benzene rings is 1. The van der Waals surface area contributed by atoms with Crippen molar-refractivity contribution in [2.75, 3.05) is 19.0 Å². The van der Waals surface area contributed by atoms with E-state index in [0.29, 0.717) is 0 Å². The second kappa shape index (κ2) is 5.65. The molecule has 1 N–H and O–H groups in total. The topological polar surface area (TPSA) is 28.2 Å². The summed E-state index contributed by atoms with van der Waals surface area (Å²) in [6.07, 6.45) is 3.75. The highest BCUT2D eigenvalue weighted by atomic mass is 15.1. The van der Waals surface area contributed by atoms with Crippen LogP contribution in [0.3, 0.4) is 0 Å². The van der Waals surface area contributed by atoms with Gasteiger partial charge in [0.1, 0.15) is 0 Å². The number of nitrogens with zero attached hydrogens (tertiary/aromatic N) is 2. The van der Waals surface area contributed by atoms with E-state index >= 15 is 0 Å². The molecule has 3 heteroatoms. The highest BCUT2D eigenvalue weighted by molar-refractivity contribution is 5.65. The molecule has 0 amide bonds. The molecule has 0 unspecified atom stereocenters. The number of aromatic nitrogens is 1. The predicted octanol–water partition coefficient (Wildman–Crippen LogP) is 2.88. The number of hydrogen-bond acceptors (Lipinski definition) is 3. The molecule has 0 aliphatic heterocycles. The van der Waals surface area contributed by atoms with E-state index in [9.17, 15) is 0 Å². The fourth-order valence-corrected chi connectivity index (χ4v) is 1.98. The Hall–Kier alpha value is -1.87. The van der Waals surface area contributed by atoms with E-state index in [0.717, 1.165) is 6.54 Å². The summed E-state index contributed by atoms with van der Waals surface area (Å²) in [5, 5.41) is 3.17. The van der Waals surface area contributed by atoms with Crippen molar-refractivity contribution in [2.24, 2.45) is 0 Å². The Labute approximate surface area is 108 Å². The number of nitrogens with one attached hydrogen (secondary N) is 1. The quantitative estimate of drug-likeness (QED) is 0.892. The molecule has 0 saturated carbocycles. The number of anilines is 2. The third-order valence-electron chi connectivity index (χ3n) is 3.03. The molecule has 0 bridgehead atoms. The maximum atomic E-state index is 4.19. The van der Waals surface area contributed by atoms with Crippen molar-refractivity contribution in [1.82, 2.24) is 10.3 Å².